The van der Waals surface area contributed by atoms with E-state index in [1.807, 2.05) is 79.7 Å². The maximum Gasteiger partial charge on any atom is 0.224 e. The first-order chi connectivity index (χ1) is 16.0. The Morgan fingerprint density at radius 2 is 1.30 bits per heavy atom. The first-order valence-electron chi connectivity index (χ1n) is 10.9. The van der Waals surface area contributed by atoms with Crippen LogP contribution in [0.1, 0.15) is 35.2 Å². The Morgan fingerprint density at radius 3 is 1.85 bits per heavy atom. The summed E-state index contributed by atoms with van der Waals surface area (Å²) in [4.78, 5) is 24.7. The summed E-state index contributed by atoms with van der Waals surface area (Å²) in [7, 11) is 3.22. The van der Waals surface area contributed by atoms with Crippen LogP contribution in [-0.2, 0) is 29.0 Å². The molecule has 3 rings (SSSR count). The van der Waals surface area contributed by atoms with E-state index in [0.29, 0.717) is 19.4 Å². The van der Waals surface area contributed by atoms with Crippen molar-refractivity contribution in [2.24, 2.45) is 0 Å². The van der Waals surface area contributed by atoms with E-state index in [1.54, 1.807) is 14.2 Å². The van der Waals surface area contributed by atoms with Gasteiger partial charge in [-0.25, -0.2) is 0 Å². The quantitative estimate of drug-likeness (QED) is 0.494. The van der Waals surface area contributed by atoms with Crippen molar-refractivity contribution in [2.75, 3.05) is 14.2 Å². The van der Waals surface area contributed by atoms with E-state index >= 15 is 0 Å². The summed E-state index contributed by atoms with van der Waals surface area (Å²) < 4.78 is 10.4. The van der Waals surface area contributed by atoms with Crippen LogP contribution in [0.2, 0.25) is 0 Å². The van der Waals surface area contributed by atoms with Crippen molar-refractivity contribution >= 4 is 11.8 Å². The molecule has 0 aliphatic rings. The van der Waals surface area contributed by atoms with Gasteiger partial charge in [0, 0.05) is 6.54 Å². The van der Waals surface area contributed by atoms with Gasteiger partial charge in [-0.15, -0.1) is 0 Å². The predicted octanol–water partition coefficient (Wildman–Crippen LogP) is 3.98. The highest BCUT2D eigenvalue weighted by atomic mass is 16.5. The van der Waals surface area contributed by atoms with Gasteiger partial charge in [0.2, 0.25) is 11.8 Å². The summed E-state index contributed by atoms with van der Waals surface area (Å²) in [5.74, 6) is 1.37. The van der Waals surface area contributed by atoms with Crippen LogP contribution in [0, 0.1) is 0 Å². The van der Waals surface area contributed by atoms with E-state index in [2.05, 4.69) is 10.6 Å². The number of benzene rings is 3. The van der Waals surface area contributed by atoms with Crippen molar-refractivity contribution in [1.82, 2.24) is 10.6 Å². The second-order valence-corrected chi connectivity index (χ2v) is 7.86. The molecule has 0 saturated carbocycles. The molecule has 2 amide bonds. The average Bonchev–Trinajstić information content (AvgIpc) is 2.83. The molecular formula is C27H30N2O4. The van der Waals surface area contributed by atoms with Crippen LogP contribution in [0.5, 0.6) is 11.5 Å². The third-order valence-electron chi connectivity index (χ3n) is 5.34. The standard InChI is InChI=1S/C27H30N2O4/c1-19(29-27(31)17-22-7-5-9-25(15-22)33-3)23-12-10-20(11-13-23)18-28-26(30)16-21-6-4-8-24(14-21)32-2/h4-15,19H,16-18H2,1-3H3,(H,28,30)(H,29,31)/t19-/m0/s1. The van der Waals surface area contributed by atoms with E-state index in [4.69, 9.17) is 9.47 Å². The molecule has 0 radical (unpaired) electrons. The van der Waals surface area contributed by atoms with Crippen molar-refractivity contribution in [3.05, 3.63) is 95.1 Å². The second-order valence-electron chi connectivity index (χ2n) is 7.86. The van der Waals surface area contributed by atoms with Crippen molar-refractivity contribution in [2.45, 2.75) is 32.4 Å². The Hall–Kier alpha value is -3.80. The summed E-state index contributed by atoms with van der Waals surface area (Å²) >= 11 is 0. The number of nitrogens with one attached hydrogen (secondary N) is 2. The molecule has 3 aromatic carbocycles. The molecule has 3 aromatic rings. The van der Waals surface area contributed by atoms with Gasteiger partial charge in [-0.05, 0) is 53.4 Å². The number of methoxy groups -OCH3 is 2. The predicted molar refractivity (Wildman–Crippen MR) is 128 cm³/mol. The number of rotatable bonds is 10. The summed E-state index contributed by atoms with van der Waals surface area (Å²) in [6, 6.07) is 22.7. The van der Waals surface area contributed by atoms with E-state index in [0.717, 1.165) is 33.8 Å². The lowest BCUT2D eigenvalue weighted by atomic mass is 10.0. The minimum absolute atomic E-state index is 0.0505. The Balaban J connectivity index is 1.47. The lowest BCUT2D eigenvalue weighted by Crippen LogP contribution is -2.28. The van der Waals surface area contributed by atoms with Crippen LogP contribution in [0.25, 0.3) is 0 Å². The molecule has 0 aliphatic carbocycles. The number of amides is 2. The summed E-state index contributed by atoms with van der Waals surface area (Å²) in [6.45, 7) is 2.40. The Bertz CT molecular complexity index is 1080. The third kappa shape index (κ3) is 7.38. The largest absolute Gasteiger partial charge is 0.497 e. The third-order valence-corrected chi connectivity index (χ3v) is 5.34. The Morgan fingerprint density at radius 1 is 0.758 bits per heavy atom. The van der Waals surface area contributed by atoms with Crippen molar-refractivity contribution < 1.29 is 19.1 Å². The molecule has 0 aliphatic heterocycles. The van der Waals surface area contributed by atoms with Crippen LogP contribution in [-0.4, -0.2) is 26.0 Å². The SMILES string of the molecule is COc1cccc(CC(=O)NCc2ccc([C@H](C)NC(=O)Cc3cccc(OC)c3)cc2)c1. The van der Waals surface area contributed by atoms with Gasteiger partial charge in [0.05, 0.1) is 33.1 Å². The topological polar surface area (TPSA) is 76.7 Å². The molecule has 0 fully saturated rings. The van der Waals surface area contributed by atoms with Crippen molar-refractivity contribution in [3.8, 4) is 11.5 Å². The number of hydrogen-bond donors (Lipinski definition) is 2. The smallest absolute Gasteiger partial charge is 0.224 e. The fourth-order valence-corrected chi connectivity index (χ4v) is 3.50. The molecule has 0 heterocycles. The van der Waals surface area contributed by atoms with Crippen LogP contribution < -0.4 is 20.1 Å². The summed E-state index contributed by atoms with van der Waals surface area (Å²) in [6.07, 6.45) is 0.588. The van der Waals surface area contributed by atoms with Crippen LogP contribution in [0.15, 0.2) is 72.8 Å². The molecule has 1 atom stereocenters. The van der Waals surface area contributed by atoms with E-state index < -0.39 is 0 Å². The van der Waals surface area contributed by atoms with Gasteiger partial charge in [0.25, 0.3) is 0 Å². The fourth-order valence-electron chi connectivity index (χ4n) is 3.50. The molecule has 0 aromatic heterocycles. The van der Waals surface area contributed by atoms with Gasteiger partial charge < -0.3 is 20.1 Å². The molecule has 6 nitrogen and oxygen atoms in total. The zero-order valence-corrected chi connectivity index (χ0v) is 19.3. The first-order valence-corrected chi connectivity index (χ1v) is 10.9. The molecule has 2 N–H and O–H groups in total. The molecule has 0 bridgehead atoms. The lowest BCUT2D eigenvalue weighted by Gasteiger charge is -2.15. The molecule has 33 heavy (non-hydrogen) atoms. The molecule has 0 unspecified atom stereocenters. The van der Waals surface area contributed by atoms with Gasteiger partial charge in [-0.3, -0.25) is 9.59 Å². The highest BCUT2D eigenvalue weighted by Crippen LogP contribution is 2.16. The van der Waals surface area contributed by atoms with Crippen LogP contribution >= 0.6 is 0 Å². The van der Waals surface area contributed by atoms with Gasteiger partial charge in [0.1, 0.15) is 11.5 Å². The van der Waals surface area contributed by atoms with E-state index in [9.17, 15) is 9.59 Å². The molecule has 172 valence electrons. The van der Waals surface area contributed by atoms with Gasteiger partial charge >= 0.3 is 0 Å². The van der Waals surface area contributed by atoms with Crippen molar-refractivity contribution in [3.63, 3.8) is 0 Å². The zero-order chi connectivity index (χ0) is 23.6. The number of hydrogen-bond acceptors (Lipinski definition) is 4. The van der Waals surface area contributed by atoms with E-state index in [-0.39, 0.29) is 17.9 Å². The van der Waals surface area contributed by atoms with Crippen LogP contribution in [0.4, 0.5) is 0 Å². The number of carbonyl (C=O) groups is 2. The minimum Gasteiger partial charge on any atom is -0.497 e. The normalized spacial score (nSPS) is 11.4. The zero-order valence-electron chi connectivity index (χ0n) is 19.3. The average molecular weight is 447 g/mol. The van der Waals surface area contributed by atoms with Gasteiger partial charge in [-0.1, -0.05) is 48.5 Å². The maximum absolute atomic E-state index is 12.4. The number of ether oxygens (including phenoxy) is 2. The Labute approximate surface area is 194 Å². The second kappa shape index (κ2) is 11.7. The maximum atomic E-state index is 12.4. The minimum atomic E-state index is -0.125. The van der Waals surface area contributed by atoms with E-state index in [1.165, 1.54) is 0 Å². The molecule has 6 heteroatoms. The first kappa shape index (κ1) is 23.9. The van der Waals surface area contributed by atoms with Gasteiger partial charge in [-0.2, -0.15) is 0 Å². The number of carbonyl (C=O) groups excluding carboxylic acids is 2. The highest BCUT2D eigenvalue weighted by Gasteiger charge is 2.11. The lowest BCUT2D eigenvalue weighted by molar-refractivity contribution is -0.121. The molecular weight excluding hydrogens is 416 g/mol. The fraction of sp³-hybridized carbons (Fsp3) is 0.259. The summed E-state index contributed by atoms with van der Waals surface area (Å²) in [5, 5.41) is 5.97. The molecule has 0 spiro atoms. The van der Waals surface area contributed by atoms with Crippen molar-refractivity contribution in [1.29, 1.82) is 0 Å². The van der Waals surface area contributed by atoms with Gasteiger partial charge in [0.15, 0.2) is 0 Å². The highest BCUT2D eigenvalue weighted by molar-refractivity contribution is 5.79. The molecule has 0 saturated heterocycles. The monoisotopic (exact) mass is 446 g/mol. The van der Waals surface area contributed by atoms with Crippen LogP contribution in [0.3, 0.4) is 0 Å². The Kier molecular flexibility index (Phi) is 8.47. The summed E-state index contributed by atoms with van der Waals surface area (Å²) in [5.41, 5.74) is 3.80.